The number of amides is 1. The monoisotopic (exact) mass is 299 g/mol. The van der Waals surface area contributed by atoms with E-state index in [2.05, 4.69) is 9.97 Å². The lowest BCUT2D eigenvalue weighted by atomic mass is 9.95. The van der Waals surface area contributed by atoms with Crippen LogP contribution in [0.25, 0.3) is 0 Å². The fourth-order valence-electron chi connectivity index (χ4n) is 2.13. The number of hydrogen-bond donors (Lipinski definition) is 1. The molecule has 0 atom stereocenters. The summed E-state index contributed by atoms with van der Waals surface area (Å²) in [4.78, 5) is 33.5. The number of benzene rings is 1. The predicted octanol–water partition coefficient (Wildman–Crippen LogP) is 2.65. The molecule has 0 spiro atoms. The lowest BCUT2D eigenvalue weighted by Gasteiger charge is -2.20. The Morgan fingerprint density at radius 3 is 2.27 bits per heavy atom. The second-order valence-electron chi connectivity index (χ2n) is 6.32. The van der Waals surface area contributed by atoms with Crippen molar-refractivity contribution in [3.05, 3.63) is 57.8 Å². The molecular formula is C17H21N3O2. The zero-order valence-electron chi connectivity index (χ0n) is 13.6. The summed E-state index contributed by atoms with van der Waals surface area (Å²) in [6.07, 6.45) is 0. The second-order valence-corrected chi connectivity index (χ2v) is 6.32. The molecule has 0 bridgehead atoms. The van der Waals surface area contributed by atoms with Crippen molar-refractivity contribution in [2.75, 3.05) is 11.9 Å². The maximum Gasteiger partial charge on any atom is 0.265 e. The molecule has 0 aliphatic rings. The van der Waals surface area contributed by atoms with Gasteiger partial charge in [0.25, 0.3) is 11.5 Å². The zero-order chi connectivity index (χ0) is 16.5. The van der Waals surface area contributed by atoms with E-state index in [4.69, 9.17) is 0 Å². The maximum atomic E-state index is 12.6. The lowest BCUT2D eigenvalue weighted by molar-refractivity contribution is 0.0990. The summed E-state index contributed by atoms with van der Waals surface area (Å²) in [5.41, 5.74) is 0.578. The molecule has 5 nitrogen and oxygen atoms in total. The highest BCUT2D eigenvalue weighted by atomic mass is 16.2. The molecule has 1 heterocycles. The van der Waals surface area contributed by atoms with Crippen molar-refractivity contribution in [1.29, 1.82) is 0 Å². The fraction of sp³-hybridized carbons (Fsp3) is 0.353. The van der Waals surface area contributed by atoms with Crippen LogP contribution in [0.2, 0.25) is 0 Å². The molecule has 1 aromatic heterocycles. The van der Waals surface area contributed by atoms with Crippen molar-refractivity contribution in [1.82, 2.24) is 9.97 Å². The van der Waals surface area contributed by atoms with Crippen LogP contribution in [0.4, 0.5) is 5.69 Å². The first-order valence-corrected chi connectivity index (χ1v) is 7.16. The van der Waals surface area contributed by atoms with Crippen molar-refractivity contribution in [2.24, 2.45) is 0 Å². The summed E-state index contributed by atoms with van der Waals surface area (Å²) in [6.45, 7) is 7.57. The highest BCUT2D eigenvalue weighted by Gasteiger charge is 2.24. The standard InChI is InChI=1S/C17H21N3O2/c1-11-13(14(21)19-16(18-11)17(2,3)4)15(22)20(5)12-9-7-6-8-10-12/h6-10H,1-5H3,(H,18,19,21). The molecule has 0 unspecified atom stereocenters. The summed E-state index contributed by atoms with van der Waals surface area (Å²) in [7, 11) is 1.65. The molecule has 2 rings (SSSR count). The number of aryl methyl sites for hydroxylation is 1. The molecule has 1 aromatic carbocycles. The van der Waals surface area contributed by atoms with Crippen molar-refractivity contribution < 1.29 is 4.79 Å². The van der Waals surface area contributed by atoms with E-state index in [1.165, 1.54) is 4.90 Å². The number of aromatic amines is 1. The molecule has 0 fully saturated rings. The molecule has 22 heavy (non-hydrogen) atoms. The first-order valence-electron chi connectivity index (χ1n) is 7.16. The van der Waals surface area contributed by atoms with E-state index < -0.39 is 5.56 Å². The molecule has 0 saturated heterocycles. The Kier molecular flexibility index (Phi) is 4.17. The lowest BCUT2D eigenvalue weighted by Crippen LogP contribution is -2.35. The van der Waals surface area contributed by atoms with Crippen molar-refractivity contribution in [2.45, 2.75) is 33.1 Å². The Balaban J connectivity index is 2.45. The third kappa shape index (κ3) is 3.08. The van der Waals surface area contributed by atoms with Gasteiger partial charge < -0.3 is 9.88 Å². The first kappa shape index (κ1) is 15.9. The van der Waals surface area contributed by atoms with Crippen LogP contribution < -0.4 is 10.5 Å². The summed E-state index contributed by atoms with van der Waals surface area (Å²) in [6, 6.07) is 9.20. The van der Waals surface area contributed by atoms with Crippen LogP contribution >= 0.6 is 0 Å². The topological polar surface area (TPSA) is 66.1 Å². The second kappa shape index (κ2) is 5.75. The molecule has 1 N–H and O–H groups in total. The van der Waals surface area contributed by atoms with E-state index in [0.717, 1.165) is 5.69 Å². The van der Waals surface area contributed by atoms with Crippen LogP contribution in [0.5, 0.6) is 0 Å². The molecule has 0 aliphatic heterocycles. The van der Waals surface area contributed by atoms with Gasteiger partial charge in [0.05, 0.1) is 5.69 Å². The molecule has 0 saturated carbocycles. The van der Waals surface area contributed by atoms with Gasteiger partial charge in [-0.15, -0.1) is 0 Å². The Hall–Kier alpha value is -2.43. The number of para-hydroxylation sites is 1. The van der Waals surface area contributed by atoms with Crippen molar-refractivity contribution in [3.8, 4) is 0 Å². The van der Waals surface area contributed by atoms with Gasteiger partial charge in [0.15, 0.2) is 0 Å². The van der Waals surface area contributed by atoms with Gasteiger partial charge in [-0.25, -0.2) is 4.98 Å². The first-order chi connectivity index (χ1) is 10.2. The van der Waals surface area contributed by atoms with E-state index in [1.54, 1.807) is 14.0 Å². The highest BCUT2D eigenvalue weighted by molar-refractivity contribution is 6.06. The summed E-state index contributed by atoms with van der Waals surface area (Å²) < 4.78 is 0. The van der Waals surface area contributed by atoms with Crippen LogP contribution in [-0.2, 0) is 5.41 Å². The van der Waals surface area contributed by atoms with Gasteiger partial charge in [-0.1, -0.05) is 39.0 Å². The minimum atomic E-state index is -0.398. The third-order valence-electron chi connectivity index (χ3n) is 3.47. The van der Waals surface area contributed by atoms with Crippen LogP contribution in [0, 0.1) is 6.92 Å². The Morgan fingerprint density at radius 1 is 1.18 bits per heavy atom. The molecule has 5 heteroatoms. The van der Waals surface area contributed by atoms with Crippen LogP contribution in [0.3, 0.4) is 0 Å². The van der Waals surface area contributed by atoms with Gasteiger partial charge >= 0.3 is 0 Å². The number of nitrogens with one attached hydrogen (secondary N) is 1. The largest absolute Gasteiger partial charge is 0.311 e. The Morgan fingerprint density at radius 2 is 1.77 bits per heavy atom. The molecule has 0 aliphatic carbocycles. The smallest absolute Gasteiger partial charge is 0.265 e. The van der Waals surface area contributed by atoms with Gasteiger partial charge in [0.2, 0.25) is 0 Å². The Bertz CT molecular complexity index is 743. The Labute approximate surface area is 130 Å². The minimum absolute atomic E-state index is 0.0827. The van der Waals surface area contributed by atoms with E-state index in [-0.39, 0.29) is 16.9 Å². The van der Waals surface area contributed by atoms with Gasteiger partial charge in [0, 0.05) is 18.2 Å². The number of anilines is 1. The highest BCUT2D eigenvalue weighted by Crippen LogP contribution is 2.19. The summed E-state index contributed by atoms with van der Waals surface area (Å²) in [5, 5.41) is 0. The molecule has 1 amide bonds. The van der Waals surface area contributed by atoms with E-state index >= 15 is 0 Å². The van der Waals surface area contributed by atoms with Gasteiger partial charge in [-0.3, -0.25) is 9.59 Å². The number of H-pyrrole nitrogens is 1. The fourth-order valence-corrected chi connectivity index (χ4v) is 2.13. The minimum Gasteiger partial charge on any atom is -0.311 e. The predicted molar refractivity (Wildman–Crippen MR) is 87.5 cm³/mol. The molecule has 0 radical (unpaired) electrons. The van der Waals surface area contributed by atoms with E-state index in [1.807, 2.05) is 51.1 Å². The van der Waals surface area contributed by atoms with Crippen LogP contribution in [-0.4, -0.2) is 22.9 Å². The number of nitrogens with zero attached hydrogens (tertiary/aromatic N) is 2. The summed E-state index contributed by atoms with van der Waals surface area (Å²) in [5.74, 6) is 0.215. The average molecular weight is 299 g/mol. The molecule has 2 aromatic rings. The van der Waals surface area contributed by atoms with Gasteiger partial charge in [0.1, 0.15) is 11.4 Å². The van der Waals surface area contributed by atoms with Gasteiger partial charge in [-0.2, -0.15) is 0 Å². The van der Waals surface area contributed by atoms with Crippen molar-refractivity contribution >= 4 is 11.6 Å². The summed E-state index contributed by atoms with van der Waals surface area (Å²) >= 11 is 0. The average Bonchev–Trinajstić information content (AvgIpc) is 2.45. The number of carbonyl (C=O) groups excluding carboxylic acids is 1. The number of carbonyl (C=O) groups is 1. The van der Waals surface area contributed by atoms with E-state index in [0.29, 0.717) is 11.5 Å². The third-order valence-corrected chi connectivity index (χ3v) is 3.47. The molecule has 116 valence electrons. The molecular weight excluding hydrogens is 278 g/mol. The quantitative estimate of drug-likeness (QED) is 0.927. The number of aromatic nitrogens is 2. The zero-order valence-corrected chi connectivity index (χ0v) is 13.6. The number of hydrogen-bond acceptors (Lipinski definition) is 3. The van der Waals surface area contributed by atoms with E-state index in [9.17, 15) is 9.59 Å². The normalized spacial score (nSPS) is 11.3. The maximum absolute atomic E-state index is 12.6. The van der Waals surface area contributed by atoms with Gasteiger partial charge in [-0.05, 0) is 19.1 Å². The van der Waals surface area contributed by atoms with Crippen molar-refractivity contribution in [3.63, 3.8) is 0 Å². The van der Waals surface area contributed by atoms with Crippen LogP contribution in [0.1, 0.15) is 42.6 Å². The van der Waals surface area contributed by atoms with Crippen LogP contribution in [0.15, 0.2) is 35.1 Å². The number of rotatable bonds is 2. The SMILES string of the molecule is Cc1nc(C(C)(C)C)[nH]c(=O)c1C(=O)N(C)c1ccccc1.